The highest BCUT2D eigenvalue weighted by atomic mass is 16.5. The van der Waals surface area contributed by atoms with Gasteiger partial charge in [0.25, 0.3) is 0 Å². The van der Waals surface area contributed by atoms with Crippen LogP contribution in [0.15, 0.2) is 54.6 Å². The molecule has 2 aromatic carbocycles. The van der Waals surface area contributed by atoms with Gasteiger partial charge in [-0.2, -0.15) is 5.10 Å². The molecule has 4 rings (SSSR count). The summed E-state index contributed by atoms with van der Waals surface area (Å²) in [6.07, 6.45) is -0.00796. The van der Waals surface area contributed by atoms with Crippen molar-refractivity contribution in [3.63, 3.8) is 0 Å². The molecule has 0 aliphatic carbocycles. The van der Waals surface area contributed by atoms with Gasteiger partial charge in [-0.3, -0.25) is 9.59 Å². The van der Waals surface area contributed by atoms with Crippen LogP contribution in [-0.4, -0.2) is 21.7 Å². The van der Waals surface area contributed by atoms with Gasteiger partial charge in [-0.1, -0.05) is 30.3 Å². The number of rotatable bonds is 3. The van der Waals surface area contributed by atoms with Crippen LogP contribution in [0.5, 0.6) is 5.88 Å². The summed E-state index contributed by atoms with van der Waals surface area (Å²) in [5, 5.41) is 7.42. The molecule has 0 fully saturated rings. The normalized spacial score (nSPS) is 15.8. The Morgan fingerprint density at radius 2 is 1.93 bits per heavy atom. The zero-order chi connectivity index (χ0) is 19.0. The monoisotopic (exact) mass is 361 g/mol. The lowest BCUT2D eigenvalue weighted by molar-refractivity contribution is -0.138. The summed E-state index contributed by atoms with van der Waals surface area (Å²) >= 11 is 0. The number of nitrogens with zero attached hydrogens (tertiary/aromatic N) is 2. The van der Waals surface area contributed by atoms with Crippen molar-refractivity contribution in [2.45, 2.75) is 26.2 Å². The Balaban J connectivity index is 1.72. The SMILES string of the molecule is Cc1cccc(NC(=O)[C@@H]2CC(=O)Oc3c2c(C)nn3-c2ccccc2)c1. The van der Waals surface area contributed by atoms with Gasteiger partial charge < -0.3 is 10.1 Å². The fourth-order valence-corrected chi connectivity index (χ4v) is 3.36. The minimum absolute atomic E-state index is 0.00796. The largest absolute Gasteiger partial charge is 0.407 e. The Morgan fingerprint density at radius 1 is 1.15 bits per heavy atom. The van der Waals surface area contributed by atoms with Gasteiger partial charge in [-0.15, -0.1) is 0 Å². The number of esters is 1. The number of aryl methyl sites for hydroxylation is 2. The van der Waals surface area contributed by atoms with Gasteiger partial charge in [0.1, 0.15) is 0 Å². The number of fused-ring (bicyclic) bond motifs is 1. The van der Waals surface area contributed by atoms with E-state index in [1.165, 1.54) is 0 Å². The number of hydrogen-bond acceptors (Lipinski definition) is 4. The molecule has 1 N–H and O–H groups in total. The number of anilines is 1. The molecule has 6 heteroatoms. The standard InChI is InChI=1S/C21H19N3O3/c1-13-7-6-8-15(11-13)22-20(26)17-12-18(25)27-21-19(17)14(2)23-24(21)16-9-4-3-5-10-16/h3-11,17H,12H2,1-2H3,(H,22,26)/t17-/m1/s1. The topological polar surface area (TPSA) is 73.2 Å². The first-order valence-electron chi connectivity index (χ1n) is 8.76. The predicted octanol–water partition coefficient (Wildman–Crippen LogP) is 3.52. The molecule has 1 aromatic heterocycles. The van der Waals surface area contributed by atoms with E-state index in [4.69, 9.17) is 4.74 Å². The van der Waals surface area contributed by atoms with E-state index in [0.717, 1.165) is 11.3 Å². The first-order chi connectivity index (χ1) is 13.0. The van der Waals surface area contributed by atoms with Crippen molar-refractivity contribution in [3.8, 4) is 11.6 Å². The number of hydrogen-bond donors (Lipinski definition) is 1. The number of benzene rings is 2. The number of carbonyl (C=O) groups excluding carboxylic acids is 2. The molecular weight excluding hydrogens is 342 g/mol. The van der Waals surface area contributed by atoms with Crippen molar-refractivity contribution in [1.29, 1.82) is 0 Å². The van der Waals surface area contributed by atoms with E-state index in [1.807, 2.05) is 68.4 Å². The van der Waals surface area contributed by atoms with E-state index >= 15 is 0 Å². The number of amides is 1. The summed E-state index contributed by atoms with van der Waals surface area (Å²) in [6.45, 7) is 3.78. The first-order valence-corrected chi connectivity index (χ1v) is 8.76. The first kappa shape index (κ1) is 17.0. The maximum Gasteiger partial charge on any atom is 0.313 e. The van der Waals surface area contributed by atoms with Crippen LogP contribution in [-0.2, 0) is 9.59 Å². The third-order valence-electron chi connectivity index (χ3n) is 4.60. The molecule has 6 nitrogen and oxygen atoms in total. The number of carbonyl (C=O) groups is 2. The number of para-hydroxylation sites is 1. The fraction of sp³-hybridized carbons (Fsp3) is 0.190. The molecule has 0 unspecified atom stereocenters. The van der Waals surface area contributed by atoms with Gasteiger partial charge in [0, 0.05) is 5.69 Å². The second-order valence-corrected chi connectivity index (χ2v) is 6.64. The van der Waals surface area contributed by atoms with Crippen LogP contribution in [0.1, 0.15) is 29.2 Å². The maximum absolute atomic E-state index is 12.9. The van der Waals surface area contributed by atoms with E-state index in [9.17, 15) is 9.59 Å². The van der Waals surface area contributed by atoms with Gasteiger partial charge in [0.05, 0.1) is 29.3 Å². The molecule has 27 heavy (non-hydrogen) atoms. The van der Waals surface area contributed by atoms with Crippen LogP contribution in [0.4, 0.5) is 5.69 Å². The number of nitrogens with one attached hydrogen (secondary N) is 1. The molecule has 0 saturated heterocycles. The third-order valence-corrected chi connectivity index (χ3v) is 4.60. The van der Waals surface area contributed by atoms with Crippen LogP contribution in [0.3, 0.4) is 0 Å². The highest BCUT2D eigenvalue weighted by Gasteiger charge is 2.37. The summed E-state index contributed by atoms with van der Waals surface area (Å²) < 4.78 is 7.05. The van der Waals surface area contributed by atoms with Gasteiger partial charge >= 0.3 is 5.97 Å². The van der Waals surface area contributed by atoms with Crippen LogP contribution >= 0.6 is 0 Å². The smallest absolute Gasteiger partial charge is 0.313 e. The van der Waals surface area contributed by atoms with Crippen LogP contribution in [0.2, 0.25) is 0 Å². The minimum atomic E-state index is -0.640. The quantitative estimate of drug-likeness (QED) is 0.725. The molecule has 0 bridgehead atoms. The summed E-state index contributed by atoms with van der Waals surface area (Å²) in [7, 11) is 0. The zero-order valence-electron chi connectivity index (χ0n) is 15.1. The van der Waals surface area contributed by atoms with E-state index in [2.05, 4.69) is 10.4 Å². The van der Waals surface area contributed by atoms with Crippen molar-refractivity contribution >= 4 is 17.6 Å². The Bertz CT molecular complexity index is 1020. The summed E-state index contributed by atoms with van der Waals surface area (Å²) in [5.41, 5.74) is 3.85. The lowest BCUT2D eigenvalue weighted by Crippen LogP contribution is -2.30. The van der Waals surface area contributed by atoms with Crippen LogP contribution in [0.25, 0.3) is 5.69 Å². The Hall–Kier alpha value is -3.41. The zero-order valence-corrected chi connectivity index (χ0v) is 15.1. The molecule has 1 amide bonds. The molecule has 2 heterocycles. The van der Waals surface area contributed by atoms with Gasteiger partial charge in [0.2, 0.25) is 11.8 Å². The highest BCUT2D eigenvalue weighted by molar-refractivity contribution is 5.99. The van der Waals surface area contributed by atoms with E-state index in [1.54, 1.807) is 4.68 Å². The Kier molecular flexibility index (Phi) is 4.24. The maximum atomic E-state index is 12.9. The predicted molar refractivity (Wildman–Crippen MR) is 101 cm³/mol. The lowest BCUT2D eigenvalue weighted by Gasteiger charge is -2.22. The van der Waals surface area contributed by atoms with E-state index in [-0.39, 0.29) is 12.3 Å². The van der Waals surface area contributed by atoms with Gasteiger partial charge in [0.15, 0.2) is 0 Å². The molecule has 136 valence electrons. The highest BCUT2D eigenvalue weighted by Crippen LogP contribution is 2.38. The molecule has 0 saturated carbocycles. The van der Waals surface area contributed by atoms with Gasteiger partial charge in [-0.05, 0) is 43.7 Å². The van der Waals surface area contributed by atoms with Crippen molar-refractivity contribution in [2.24, 2.45) is 0 Å². The molecule has 1 aliphatic heterocycles. The molecule has 1 aliphatic rings. The second-order valence-electron chi connectivity index (χ2n) is 6.64. The van der Waals surface area contributed by atoms with E-state index in [0.29, 0.717) is 22.8 Å². The van der Waals surface area contributed by atoms with E-state index < -0.39 is 11.9 Å². The summed E-state index contributed by atoms with van der Waals surface area (Å²) in [5.74, 6) is -1.00. The Morgan fingerprint density at radius 3 is 2.67 bits per heavy atom. The summed E-state index contributed by atoms with van der Waals surface area (Å²) in [6, 6.07) is 17.0. The van der Waals surface area contributed by atoms with Crippen molar-refractivity contribution in [3.05, 3.63) is 71.4 Å². The minimum Gasteiger partial charge on any atom is -0.407 e. The summed E-state index contributed by atoms with van der Waals surface area (Å²) in [4.78, 5) is 25.1. The average molecular weight is 361 g/mol. The van der Waals surface area contributed by atoms with Crippen molar-refractivity contribution in [2.75, 3.05) is 5.32 Å². The molecule has 3 aromatic rings. The van der Waals surface area contributed by atoms with Crippen molar-refractivity contribution in [1.82, 2.24) is 9.78 Å². The average Bonchev–Trinajstić information content (AvgIpc) is 2.98. The lowest BCUT2D eigenvalue weighted by atomic mass is 9.93. The third kappa shape index (κ3) is 3.21. The van der Waals surface area contributed by atoms with Crippen LogP contribution < -0.4 is 10.1 Å². The molecule has 1 atom stereocenters. The number of ether oxygens (including phenoxy) is 1. The molecule has 0 radical (unpaired) electrons. The van der Waals surface area contributed by atoms with Crippen molar-refractivity contribution < 1.29 is 14.3 Å². The molecular formula is C21H19N3O3. The van der Waals surface area contributed by atoms with Gasteiger partial charge in [-0.25, -0.2) is 4.68 Å². The Labute approximate surface area is 156 Å². The fourth-order valence-electron chi connectivity index (χ4n) is 3.36. The number of aromatic nitrogens is 2. The molecule has 0 spiro atoms. The van der Waals surface area contributed by atoms with Crippen LogP contribution in [0, 0.1) is 13.8 Å². The second kappa shape index (κ2) is 6.72.